The monoisotopic (exact) mass is 889 g/mol. The zero-order valence-corrected chi connectivity index (χ0v) is 39.6. The topological polar surface area (TPSA) is 224 Å². The Morgan fingerprint density at radius 3 is 1.95 bits per heavy atom. The summed E-state index contributed by atoms with van der Waals surface area (Å²) in [6.45, 7) is 16.4. The first-order chi connectivity index (χ1) is 29.6. The van der Waals surface area contributed by atoms with E-state index in [1.807, 2.05) is 60.4 Å². The molecule has 1 aliphatic rings. The fourth-order valence-corrected chi connectivity index (χ4v) is 8.65. The maximum atomic E-state index is 14.4. The molecule has 0 saturated carbocycles. The van der Waals surface area contributed by atoms with Gasteiger partial charge in [0.15, 0.2) is 0 Å². The van der Waals surface area contributed by atoms with Crippen molar-refractivity contribution in [2.24, 2.45) is 23.7 Å². The van der Waals surface area contributed by atoms with Crippen LogP contribution in [0.15, 0.2) is 30.3 Å². The molecule has 1 fully saturated rings. The first-order valence-corrected chi connectivity index (χ1v) is 22.4. The second kappa shape index (κ2) is 26.2. The third kappa shape index (κ3) is 15.6. The average Bonchev–Trinajstić information content (AvgIpc) is 3.73. The van der Waals surface area contributed by atoms with Crippen molar-refractivity contribution in [2.75, 3.05) is 41.4 Å². The number of likely N-dealkylation sites (N-methyl/N-ethyl adjacent to an activating group) is 2. The summed E-state index contributed by atoms with van der Waals surface area (Å²) >= 11 is 0. The van der Waals surface area contributed by atoms with E-state index in [1.54, 1.807) is 54.1 Å². The Hall–Kier alpha value is -4.61. The Labute approximate surface area is 374 Å². The number of nitrogens with one attached hydrogen (secondary N) is 3. The number of carbonyl (C=O) groups excluding carboxylic acids is 5. The Balaban J connectivity index is 2.35. The molecule has 0 aromatic heterocycles. The number of carbonyl (C=O) groups is 7. The van der Waals surface area contributed by atoms with Crippen LogP contribution in [0.1, 0.15) is 99.5 Å². The molecule has 1 aromatic rings. The molecular weight excluding hydrogens is 813 g/mol. The predicted molar refractivity (Wildman–Crippen MR) is 238 cm³/mol. The molecule has 0 aliphatic carbocycles. The van der Waals surface area contributed by atoms with Crippen molar-refractivity contribution >= 4 is 41.5 Å². The van der Waals surface area contributed by atoms with Crippen LogP contribution in [0, 0.1) is 23.7 Å². The number of carboxylic acids is 2. The maximum Gasteiger partial charge on any atom is 0.326 e. The van der Waals surface area contributed by atoms with Crippen molar-refractivity contribution in [3.05, 3.63) is 35.9 Å². The second-order valence-electron chi connectivity index (χ2n) is 17.7. The predicted octanol–water partition coefficient (Wildman–Crippen LogP) is 3.19. The van der Waals surface area contributed by atoms with E-state index in [2.05, 4.69) is 16.0 Å². The molecule has 0 radical (unpaired) electrons. The number of nitrogens with zero attached hydrogens (tertiary/aromatic N) is 3. The minimum Gasteiger partial charge on any atom is -0.481 e. The molecule has 9 unspecified atom stereocenters. The molecule has 0 bridgehead atoms. The lowest BCUT2D eigenvalue weighted by Gasteiger charge is -2.41. The van der Waals surface area contributed by atoms with E-state index in [-0.39, 0.29) is 54.7 Å². The summed E-state index contributed by atoms with van der Waals surface area (Å²) in [4.78, 5) is 98.3. The maximum absolute atomic E-state index is 14.4. The van der Waals surface area contributed by atoms with Gasteiger partial charge in [-0.05, 0) is 56.2 Å². The minimum absolute atomic E-state index is 0.0107. The number of ether oxygens (including phenoxy) is 2. The van der Waals surface area contributed by atoms with Crippen molar-refractivity contribution in [1.82, 2.24) is 30.7 Å². The quantitative estimate of drug-likeness (QED) is 0.0860. The summed E-state index contributed by atoms with van der Waals surface area (Å²) in [7, 11) is 6.54. The number of carboxylic acid groups (broad SMARTS) is 2. The molecular formula is C46H76N6O11. The van der Waals surface area contributed by atoms with Crippen molar-refractivity contribution in [1.29, 1.82) is 0 Å². The van der Waals surface area contributed by atoms with E-state index in [9.17, 15) is 38.7 Å². The molecule has 5 N–H and O–H groups in total. The van der Waals surface area contributed by atoms with Gasteiger partial charge in [-0.25, -0.2) is 4.79 Å². The summed E-state index contributed by atoms with van der Waals surface area (Å²) in [6, 6.07) is 3.84. The standard InChI is InChI=1S/C46H76N6O11/c1-13-29(7)40(51(10)45(59)38(27(3)4)49-44(58)39(28(5)6)50(9)14-2)35(62-11)26-36(53)52-24-18-21-34(52)41(63-12)30(8)42(56)48-33(25-31-19-16-15-17-20-31)43(57)47-32(46(60)61)22-23-37(54)55/h15-17,19-20,27-30,32-35,38-41H,13-14,18,21-26H2,1-12H3,(H,47,57)(H,48,56)(H,49,58)(H,54,55)(H,60,61)/t29?,30?,32?,33?,34?,35?,38-,39?,40?,41?/m0/s1. The number of likely N-dealkylation sites (tertiary alicyclic amines) is 1. The molecule has 1 heterocycles. The number of benzene rings is 1. The van der Waals surface area contributed by atoms with Gasteiger partial charge in [0.2, 0.25) is 29.5 Å². The average molecular weight is 889 g/mol. The third-order valence-corrected chi connectivity index (χ3v) is 12.5. The zero-order valence-electron chi connectivity index (χ0n) is 39.6. The molecule has 1 saturated heterocycles. The van der Waals surface area contributed by atoms with E-state index < -0.39 is 84.6 Å². The number of rotatable bonds is 27. The van der Waals surface area contributed by atoms with Crippen LogP contribution in [0.3, 0.4) is 0 Å². The van der Waals surface area contributed by atoms with Crippen molar-refractivity contribution < 1.29 is 53.2 Å². The van der Waals surface area contributed by atoms with Gasteiger partial charge in [0.05, 0.1) is 42.7 Å². The van der Waals surface area contributed by atoms with Crippen LogP contribution in [0.4, 0.5) is 0 Å². The van der Waals surface area contributed by atoms with Gasteiger partial charge >= 0.3 is 11.9 Å². The lowest BCUT2D eigenvalue weighted by atomic mass is 9.89. The molecule has 1 aliphatic heterocycles. The number of hydrogen-bond acceptors (Lipinski definition) is 10. The van der Waals surface area contributed by atoms with E-state index >= 15 is 0 Å². The molecule has 2 rings (SSSR count). The summed E-state index contributed by atoms with van der Waals surface area (Å²) in [5.41, 5.74) is 0.693. The fourth-order valence-electron chi connectivity index (χ4n) is 8.65. The van der Waals surface area contributed by atoms with Crippen molar-refractivity contribution in [3.8, 4) is 0 Å². The summed E-state index contributed by atoms with van der Waals surface area (Å²) in [6.07, 6.45) is -0.547. The van der Waals surface area contributed by atoms with Crippen LogP contribution in [0.25, 0.3) is 0 Å². The highest BCUT2D eigenvalue weighted by Gasteiger charge is 2.44. The number of aliphatic carboxylic acids is 2. The first kappa shape index (κ1) is 54.5. The van der Waals surface area contributed by atoms with E-state index in [0.717, 1.165) is 0 Å². The summed E-state index contributed by atoms with van der Waals surface area (Å²) in [5, 5.41) is 27.0. The van der Waals surface area contributed by atoms with Crippen LogP contribution in [0.5, 0.6) is 0 Å². The largest absolute Gasteiger partial charge is 0.481 e. The molecule has 63 heavy (non-hydrogen) atoms. The van der Waals surface area contributed by atoms with Gasteiger partial charge in [-0.2, -0.15) is 0 Å². The Kier molecular flexibility index (Phi) is 22.7. The van der Waals surface area contributed by atoms with Crippen LogP contribution < -0.4 is 16.0 Å². The van der Waals surface area contributed by atoms with Crippen LogP contribution in [-0.2, 0) is 49.5 Å². The van der Waals surface area contributed by atoms with Gasteiger partial charge in [-0.1, -0.05) is 92.1 Å². The molecule has 1 aromatic carbocycles. The smallest absolute Gasteiger partial charge is 0.326 e. The summed E-state index contributed by atoms with van der Waals surface area (Å²) in [5.74, 6) is -5.92. The molecule has 356 valence electrons. The fraction of sp³-hybridized carbons (Fsp3) is 0.717. The lowest BCUT2D eigenvalue weighted by molar-refractivity contribution is -0.148. The second-order valence-corrected chi connectivity index (χ2v) is 17.7. The van der Waals surface area contributed by atoms with Gasteiger partial charge in [0, 0.05) is 40.7 Å². The third-order valence-electron chi connectivity index (χ3n) is 12.5. The molecule has 17 nitrogen and oxygen atoms in total. The number of methoxy groups -OCH3 is 2. The SMILES string of the molecule is CCC(C)C(C(CC(=O)N1CCCC1C(OC)C(C)C(=O)NC(Cc1ccccc1)C(=O)NC(CCC(=O)O)C(=O)O)OC)N(C)C(=O)[C@@H](NC(=O)C(C(C)C)N(C)CC)C(C)C. The van der Waals surface area contributed by atoms with Crippen LogP contribution in [-0.4, -0.2) is 156 Å². The highest BCUT2D eigenvalue weighted by molar-refractivity contribution is 5.92. The van der Waals surface area contributed by atoms with Crippen molar-refractivity contribution in [2.45, 2.75) is 149 Å². The first-order valence-electron chi connectivity index (χ1n) is 22.4. The Morgan fingerprint density at radius 2 is 1.44 bits per heavy atom. The Bertz CT molecular complexity index is 1660. The van der Waals surface area contributed by atoms with Gasteiger partial charge in [-0.15, -0.1) is 0 Å². The van der Waals surface area contributed by atoms with Crippen molar-refractivity contribution in [3.63, 3.8) is 0 Å². The minimum atomic E-state index is -1.49. The molecule has 0 spiro atoms. The zero-order chi connectivity index (χ0) is 47.7. The Morgan fingerprint density at radius 1 is 0.825 bits per heavy atom. The lowest BCUT2D eigenvalue weighted by Crippen LogP contribution is -2.60. The molecule has 10 atom stereocenters. The summed E-state index contributed by atoms with van der Waals surface area (Å²) < 4.78 is 12.0. The van der Waals surface area contributed by atoms with E-state index in [0.29, 0.717) is 37.9 Å². The van der Waals surface area contributed by atoms with Gasteiger partial charge < -0.3 is 45.4 Å². The molecule has 5 amide bonds. The number of amides is 5. The molecule has 17 heteroatoms. The van der Waals surface area contributed by atoms with E-state index in [4.69, 9.17) is 14.6 Å². The van der Waals surface area contributed by atoms with Gasteiger partial charge in [0.1, 0.15) is 18.1 Å². The van der Waals surface area contributed by atoms with Crippen LogP contribution >= 0.6 is 0 Å². The van der Waals surface area contributed by atoms with Crippen LogP contribution in [0.2, 0.25) is 0 Å². The highest BCUT2D eigenvalue weighted by Crippen LogP contribution is 2.30. The highest BCUT2D eigenvalue weighted by atomic mass is 16.5. The van der Waals surface area contributed by atoms with Gasteiger partial charge in [-0.3, -0.25) is 33.7 Å². The number of hydrogen-bond donors (Lipinski definition) is 5. The normalized spacial score (nSPS) is 18.4. The van der Waals surface area contributed by atoms with Gasteiger partial charge in [0.25, 0.3) is 0 Å². The van der Waals surface area contributed by atoms with E-state index in [1.165, 1.54) is 14.2 Å².